The fourth-order valence-corrected chi connectivity index (χ4v) is 3.42. The zero-order valence-corrected chi connectivity index (χ0v) is 13.7. The van der Waals surface area contributed by atoms with E-state index in [0.717, 1.165) is 50.0 Å². The average molecular weight is 352 g/mol. The summed E-state index contributed by atoms with van der Waals surface area (Å²) < 4.78 is 1.11. The van der Waals surface area contributed by atoms with Crippen molar-refractivity contribution in [3.8, 4) is 0 Å². The quantitative estimate of drug-likeness (QED) is 0.871. The minimum Gasteiger partial charge on any atom is -0.371 e. The molecule has 2 heterocycles. The summed E-state index contributed by atoms with van der Waals surface area (Å²) >= 11 is 3.47. The van der Waals surface area contributed by atoms with E-state index < -0.39 is 0 Å². The number of nitrogens with zero attached hydrogens (tertiary/aromatic N) is 1. The Hall–Kier alpha value is -1.07. The van der Waals surface area contributed by atoms with Crippen molar-refractivity contribution in [1.29, 1.82) is 0 Å². The Morgan fingerprint density at radius 1 is 1.33 bits per heavy atom. The van der Waals surface area contributed by atoms with Gasteiger partial charge in [-0.1, -0.05) is 15.9 Å². The fourth-order valence-electron chi connectivity index (χ4n) is 3.15. The molecule has 3 rings (SSSR count). The van der Waals surface area contributed by atoms with Crippen LogP contribution in [0.15, 0.2) is 28.7 Å². The molecule has 21 heavy (non-hydrogen) atoms. The van der Waals surface area contributed by atoms with E-state index in [-0.39, 0.29) is 11.8 Å². The molecule has 4 nitrogen and oxygen atoms in total. The molecule has 2 saturated heterocycles. The van der Waals surface area contributed by atoms with Gasteiger partial charge in [-0.2, -0.15) is 0 Å². The highest BCUT2D eigenvalue weighted by atomic mass is 79.9. The number of hydrogen-bond acceptors (Lipinski definition) is 3. The number of carbonyl (C=O) groups is 1. The number of benzene rings is 1. The van der Waals surface area contributed by atoms with E-state index in [1.54, 1.807) is 0 Å². The third-order valence-electron chi connectivity index (χ3n) is 4.47. The third kappa shape index (κ3) is 3.77. The Kier molecular flexibility index (Phi) is 4.80. The lowest BCUT2D eigenvalue weighted by Crippen LogP contribution is -2.36. The van der Waals surface area contributed by atoms with Crippen LogP contribution in [0.1, 0.15) is 12.8 Å². The zero-order chi connectivity index (χ0) is 14.7. The van der Waals surface area contributed by atoms with E-state index in [1.165, 1.54) is 5.69 Å². The van der Waals surface area contributed by atoms with Crippen LogP contribution >= 0.6 is 15.9 Å². The van der Waals surface area contributed by atoms with Crippen molar-refractivity contribution in [2.45, 2.75) is 12.8 Å². The maximum Gasteiger partial charge on any atom is 0.224 e. The van der Waals surface area contributed by atoms with E-state index >= 15 is 0 Å². The van der Waals surface area contributed by atoms with Gasteiger partial charge >= 0.3 is 0 Å². The molecule has 1 aromatic rings. The molecule has 0 spiro atoms. The van der Waals surface area contributed by atoms with Crippen LogP contribution in [0.25, 0.3) is 0 Å². The average Bonchev–Trinajstić information content (AvgIpc) is 3.17. The Bertz CT molecular complexity index is 485. The molecule has 2 aliphatic heterocycles. The second kappa shape index (κ2) is 6.79. The third-order valence-corrected chi connectivity index (χ3v) is 5.00. The molecule has 2 N–H and O–H groups in total. The van der Waals surface area contributed by atoms with Crippen molar-refractivity contribution in [2.24, 2.45) is 11.8 Å². The molecule has 2 atom stereocenters. The van der Waals surface area contributed by atoms with Crippen LogP contribution in [-0.4, -0.2) is 38.6 Å². The summed E-state index contributed by atoms with van der Waals surface area (Å²) in [4.78, 5) is 14.4. The maximum atomic E-state index is 12.0. The molecule has 2 unspecified atom stereocenters. The summed E-state index contributed by atoms with van der Waals surface area (Å²) in [6, 6.07) is 8.46. The molecule has 2 fully saturated rings. The molecule has 0 radical (unpaired) electrons. The molecule has 0 aromatic heterocycles. The van der Waals surface area contributed by atoms with Crippen molar-refractivity contribution in [3.63, 3.8) is 0 Å². The lowest BCUT2D eigenvalue weighted by atomic mass is 10.1. The molecule has 0 saturated carbocycles. The molecule has 114 valence electrons. The summed E-state index contributed by atoms with van der Waals surface area (Å²) in [5.74, 6) is 0.961. The minimum atomic E-state index is 0.175. The van der Waals surface area contributed by atoms with E-state index in [0.29, 0.717) is 5.92 Å². The van der Waals surface area contributed by atoms with Crippen molar-refractivity contribution >= 4 is 27.5 Å². The second-order valence-electron chi connectivity index (χ2n) is 6.01. The van der Waals surface area contributed by atoms with Gasteiger partial charge < -0.3 is 15.5 Å². The van der Waals surface area contributed by atoms with Gasteiger partial charge in [-0.25, -0.2) is 0 Å². The molecule has 5 heteroatoms. The number of nitrogens with one attached hydrogen (secondary N) is 2. The zero-order valence-electron chi connectivity index (χ0n) is 12.1. The van der Waals surface area contributed by atoms with Crippen molar-refractivity contribution in [1.82, 2.24) is 10.6 Å². The van der Waals surface area contributed by atoms with Crippen LogP contribution in [0.4, 0.5) is 5.69 Å². The predicted molar refractivity (Wildman–Crippen MR) is 88.4 cm³/mol. The van der Waals surface area contributed by atoms with E-state index in [4.69, 9.17) is 0 Å². The van der Waals surface area contributed by atoms with Crippen molar-refractivity contribution in [2.75, 3.05) is 37.6 Å². The highest BCUT2D eigenvalue weighted by molar-refractivity contribution is 9.10. The van der Waals surface area contributed by atoms with Crippen LogP contribution in [0, 0.1) is 11.8 Å². The maximum absolute atomic E-state index is 12.0. The van der Waals surface area contributed by atoms with Gasteiger partial charge in [-0.05, 0) is 49.6 Å². The highest BCUT2D eigenvalue weighted by Gasteiger charge is 2.26. The first-order chi connectivity index (χ1) is 10.2. The van der Waals surface area contributed by atoms with Crippen molar-refractivity contribution in [3.05, 3.63) is 28.7 Å². The van der Waals surface area contributed by atoms with Crippen molar-refractivity contribution < 1.29 is 4.79 Å². The lowest BCUT2D eigenvalue weighted by molar-refractivity contribution is -0.124. The number of hydrogen-bond donors (Lipinski definition) is 2. The molecule has 0 aliphatic carbocycles. The van der Waals surface area contributed by atoms with E-state index in [2.05, 4.69) is 55.7 Å². The van der Waals surface area contributed by atoms with Crippen LogP contribution in [0.3, 0.4) is 0 Å². The van der Waals surface area contributed by atoms with Gasteiger partial charge in [0.05, 0.1) is 5.92 Å². The first kappa shape index (κ1) is 14.9. The number of amides is 1. The number of carbonyl (C=O) groups excluding carboxylic acids is 1. The smallest absolute Gasteiger partial charge is 0.224 e. The largest absolute Gasteiger partial charge is 0.371 e. The summed E-state index contributed by atoms with van der Waals surface area (Å²) in [5, 5.41) is 6.38. The topological polar surface area (TPSA) is 44.4 Å². The van der Waals surface area contributed by atoms with Gasteiger partial charge in [-0.15, -0.1) is 0 Å². The number of halogens is 1. The molecule has 0 bridgehead atoms. The fraction of sp³-hybridized carbons (Fsp3) is 0.562. The first-order valence-electron chi connectivity index (χ1n) is 7.71. The number of anilines is 1. The van der Waals surface area contributed by atoms with Crippen LogP contribution in [0.2, 0.25) is 0 Å². The molecular formula is C16H22BrN3O. The Balaban J connectivity index is 1.46. The molecule has 1 amide bonds. The predicted octanol–water partition coefficient (Wildman–Crippen LogP) is 2.00. The van der Waals surface area contributed by atoms with Gasteiger partial charge in [-0.3, -0.25) is 4.79 Å². The van der Waals surface area contributed by atoms with Crippen LogP contribution < -0.4 is 15.5 Å². The van der Waals surface area contributed by atoms with Crippen LogP contribution in [-0.2, 0) is 4.79 Å². The van der Waals surface area contributed by atoms with Gasteiger partial charge in [0.2, 0.25) is 5.91 Å². The van der Waals surface area contributed by atoms with Gasteiger partial charge in [0.1, 0.15) is 0 Å². The van der Waals surface area contributed by atoms with E-state index in [1.807, 2.05) is 0 Å². The Morgan fingerprint density at radius 3 is 2.86 bits per heavy atom. The molecule has 1 aromatic carbocycles. The SMILES string of the molecule is O=C(NCC1CCN(c2ccc(Br)cc2)C1)C1CCNC1. The monoisotopic (exact) mass is 351 g/mol. The highest BCUT2D eigenvalue weighted by Crippen LogP contribution is 2.25. The summed E-state index contributed by atoms with van der Waals surface area (Å²) in [5.41, 5.74) is 1.27. The van der Waals surface area contributed by atoms with Gasteiger partial charge in [0, 0.05) is 36.3 Å². The normalized spacial score (nSPS) is 25.3. The van der Waals surface area contributed by atoms with Gasteiger partial charge in [0.25, 0.3) is 0 Å². The lowest BCUT2D eigenvalue weighted by Gasteiger charge is -2.19. The molecular weight excluding hydrogens is 330 g/mol. The van der Waals surface area contributed by atoms with E-state index in [9.17, 15) is 4.79 Å². The minimum absolute atomic E-state index is 0.175. The van der Waals surface area contributed by atoms with Gasteiger partial charge in [0.15, 0.2) is 0 Å². The second-order valence-corrected chi connectivity index (χ2v) is 6.93. The summed E-state index contributed by atoms with van der Waals surface area (Å²) in [6.45, 7) is 4.72. The Labute approximate surface area is 134 Å². The first-order valence-corrected chi connectivity index (χ1v) is 8.50. The summed E-state index contributed by atoms with van der Waals surface area (Å²) in [6.07, 6.45) is 2.13. The van der Waals surface area contributed by atoms with Crippen LogP contribution in [0.5, 0.6) is 0 Å². The molecule has 2 aliphatic rings. The Morgan fingerprint density at radius 2 is 2.14 bits per heavy atom. The number of rotatable bonds is 4. The summed E-state index contributed by atoms with van der Waals surface area (Å²) in [7, 11) is 0. The standard InChI is InChI=1S/C16H22BrN3O/c17-14-1-3-15(4-2-14)20-8-6-12(11-20)9-19-16(21)13-5-7-18-10-13/h1-4,12-13,18H,5-11H2,(H,19,21).